The molecule has 236 valence electrons. The van der Waals surface area contributed by atoms with E-state index in [9.17, 15) is 0 Å². The monoisotopic (exact) mass is 624 g/mol. The molecule has 3 aliphatic carbocycles. The Hall–Kier alpha value is -5.15. The Morgan fingerprint density at radius 3 is 2.46 bits per heavy atom. The van der Waals surface area contributed by atoms with Gasteiger partial charge in [-0.25, -0.2) is 4.98 Å². The van der Waals surface area contributed by atoms with Gasteiger partial charge in [-0.05, 0) is 65.5 Å². The second-order valence-electron chi connectivity index (χ2n) is 14.1. The van der Waals surface area contributed by atoms with Gasteiger partial charge in [-0.2, -0.15) is 0 Å². The highest BCUT2D eigenvalue weighted by atomic mass is 16.3. The van der Waals surface area contributed by atoms with Gasteiger partial charge in [0.2, 0.25) is 0 Å². The number of benzene rings is 3. The molecule has 0 saturated carbocycles. The number of rotatable bonds is 3. The molecule has 3 heteroatoms. The van der Waals surface area contributed by atoms with E-state index < -0.39 is 0 Å². The van der Waals surface area contributed by atoms with Crippen molar-refractivity contribution in [2.75, 3.05) is 0 Å². The summed E-state index contributed by atoms with van der Waals surface area (Å²) in [7, 11) is 0. The number of pyridine rings is 1. The van der Waals surface area contributed by atoms with Crippen LogP contribution >= 0.6 is 0 Å². The summed E-state index contributed by atoms with van der Waals surface area (Å²) in [5.41, 5.74) is 16.1. The van der Waals surface area contributed by atoms with Crippen molar-refractivity contribution >= 4 is 17.0 Å². The first-order valence-corrected chi connectivity index (χ1v) is 17.5. The van der Waals surface area contributed by atoms with Gasteiger partial charge in [0.05, 0.1) is 17.1 Å². The summed E-state index contributed by atoms with van der Waals surface area (Å²) in [4.78, 5) is 5.78. The molecule has 3 nitrogen and oxygen atoms in total. The fourth-order valence-corrected chi connectivity index (χ4v) is 8.67. The average molecular weight is 625 g/mol. The van der Waals surface area contributed by atoms with E-state index in [0.29, 0.717) is 5.92 Å². The lowest BCUT2D eigenvalue weighted by molar-refractivity contribution is 0.612. The molecule has 0 fully saturated rings. The molecule has 0 radical (unpaired) electrons. The lowest BCUT2D eigenvalue weighted by atomic mass is 9.78. The van der Waals surface area contributed by atoms with E-state index >= 15 is 0 Å². The number of para-hydroxylation sites is 1. The molecule has 0 spiro atoms. The third-order valence-electron chi connectivity index (χ3n) is 10.9. The van der Waals surface area contributed by atoms with Gasteiger partial charge in [0.15, 0.2) is 5.76 Å². The summed E-state index contributed by atoms with van der Waals surface area (Å²) in [6, 6.07) is 28.3. The number of fused-ring (bicyclic) bond motifs is 10. The standard InChI is InChI=1S/C45H40N2O/c1-5-30-31-19-11-6-8-16-28(2)24-25-33(31)40(29-17-9-7-10-18-29)46-44(30)47-41-35-21-12-14-22-37(35)45(3,4)39(41)36-27-26-34-32-20-13-15-23-38(32)48-43(34)42(36)47/h6-18,20-25,28H,5,19,26-27H2,1-4H3/b11-6-,16-8-,25-24?. The van der Waals surface area contributed by atoms with E-state index in [0.717, 1.165) is 54.1 Å². The van der Waals surface area contributed by atoms with Crippen LogP contribution in [0.3, 0.4) is 0 Å². The van der Waals surface area contributed by atoms with E-state index in [1.165, 1.54) is 61.3 Å². The summed E-state index contributed by atoms with van der Waals surface area (Å²) in [5, 5.41) is 1.22. The first-order chi connectivity index (χ1) is 23.5. The molecule has 6 aromatic rings. The van der Waals surface area contributed by atoms with Crippen molar-refractivity contribution in [3.63, 3.8) is 0 Å². The zero-order valence-corrected chi connectivity index (χ0v) is 28.2. The van der Waals surface area contributed by atoms with E-state index in [2.05, 4.69) is 148 Å². The van der Waals surface area contributed by atoms with Crippen molar-refractivity contribution in [2.45, 2.75) is 58.8 Å². The SMILES string of the molecule is CCc1c(-n2c3c(c4c2-c2ccccc2C4(C)C)CCc2c-3oc3ccccc23)nc(-c2ccccc2)c2c1C/C=C\C=C/C(C)C=C2. The Bertz CT molecular complexity index is 2340. The van der Waals surface area contributed by atoms with Gasteiger partial charge in [0.1, 0.15) is 11.4 Å². The Morgan fingerprint density at radius 1 is 0.833 bits per heavy atom. The van der Waals surface area contributed by atoms with Crippen LogP contribution in [-0.4, -0.2) is 9.55 Å². The van der Waals surface area contributed by atoms with Gasteiger partial charge < -0.3 is 4.42 Å². The van der Waals surface area contributed by atoms with Crippen molar-refractivity contribution in [3.05, 3.63) is 148 Å². The van der Waals surface area contributed by atoms with Crippen LogP contribution < -0.4 is 0 Å². The average Bonchev–Trinajstić information content (AvgIpc) is 3.74. The third kappa shape index (κ3) is 4.16. The van der Waals surface area contributed by atoms with E-state index in [4.69, 9.17) is 9.40 Å². The Morgan fingerprint density at radius 2 is 1.60 bits per heavy atom. The van der Waals surface area contributed by atoms with Crippen LogP contribution in [0.4, 0.5) is 0 Å². The minimum absolute atomic E-state index is 0.146. The minimum Gasteiger partial charge on any atom is -0.454 e. The summed E-state index contributed by atoms with van der Waals surface area (Å²) in [5.74, 6) is 2.35. The van der Waals surface area contributed by atoms with Crippen LogP contribution in [0.15, 0.2) is 114 Å². The highest BCUT2D eigenvalue weighted by molar-refractivity contribution is 5.94. The van der Waals surface area contributed by atoms with Gasteiger partial charge in [0, 0.05) is 33.1 Å². The fraction of sp³-hybridized carbons (Fsp3) is 0.222. The highest BCUT2D eigenvalue weighted by Gasteiger charge is 2.45. The topological polar surface area (TPSA) is 31.0 Å². The fourth-order valence-electron chi connectivity index (χ4n) is 8.67. The number of nitrogens with zero attached hydrogens (tertiary/aromatic N) is 2. The molecule has 3 aromatic heterocycles. The predicted molar refractivity (Wildman–Crippen MR) is 199 cm³/mol. The maximum atomic E-state index is 6.87. The smallest absolute Gasteiger partial charge is 0.155 e. The lowest BCUT2D eigenvalue weighted by Crippen LogP contribution is -2.18. The highest BCUT2D eigenvalue weighted by Crippen LogP contribution is 2.57. The molecule has 0 bridgehead atoms. The first-order valence-electron chi connectivity index (χ1n) is 17.5. The number of furan rings is 1. The van der Waals surface area contributed by atoms with Crippen LogP contribution in [0.25, 0.3) is 56.8 Å². The Labute approximate surface area is 283 Å². The van der Waals surface area contributed by atoms with Gasteiger partial charge >= 0.3 is 0 Å². The van der Waals surface area contributed by atoms with Crippen molar-refractivity contribution < 1.29 is 4.42 Å². The Balaban J connectivity index is 1.45. The lowest BCUT2D eigenvalue weighted by Gasteiger charge is -2.25. The molecule has 0 N–H and O–H groups in total. The van der Waals surface area contributed by atoms with Crippen molar-refractivity contribution in [1.82, 2.24) is 9.55 Å². The van der Waals surface area contributed by atoms with Crippen molar-refractivity contribution in [1.29, 1.82) is 0 Å². The molecule has 48 heavy (non-hydrogen) atoms. The molecule has 9 rings (SSSR count). The molecule has 0 saturated heterocycles. The number of hydrogen-bond donors (Lipinski definition) is 0. The number of allylic oxidation sites excluding steroid dienone is 5. The predicted octanol–water partition coefficient (Wildman–Crippen LogP) is 11.2. The van der Waals surface area contributed by atoms with Crippen LogP contribution in [0.1, 0.15) is 66.6 Å². The number of aryl methyl sites for hydroxylation is 1. The van der Waals surface area contributed by atoms with Crippen molar-refractivity contribution in [2.24, 2.45) is 5.92 Å². The molecule has 1 atom stereocenters. The largest absolute Gasteiger partial charge is 0.454 e. The van der Waals surface area contributed by atoms with Crippen LogP contribution in [0.2, 0.25) is 0 Å². The van der Waals surface area contributed by atoms with Gasteiger partial charge in [-0.3, -0.25) is 4.57 Å². The number of aromatic nitrogens is 2. The van der Waals surface area contributed by atoms with Gasteiger partial charge in [0.25, 0.3) is 0 Å². The second kappa shape index (κ2) is 11.0. The molecule has 0 aliphatic heterocycles. The first kappa shape index (κ1) is 29.0. The van der Waals surface area contributed by atoms with E-state index in [-0.39, 0.29) is 5.41 Å². The zero-order chi connectivity index (χ0) is 32.6. The summed E-state index contributed by atoms with van der Waals surface area (Å²) in [6.07, 6.45) is 17.2. The molecule has 0 amide bonds. The molecule has 3 aliphatic rings. The van der Waals surface area contributed by atoms with Crippen LogP contribution in [0.5, 0.6) is 0 Å². The molecule has 3 aromatic carbocycles. The van der Waals surface area contributed by atoms with E-state index in [1.54, 1.807) is 0 Å². The number of hydrogen-bond acceptors (Lipinski definition) is 2. The normalized spacial score (nSPS) is 18.5. The summed E-state index contributed by atoms with van der Waals surface area (Å²) >= 11 is 0. The van der Waals surface area contributed by atoms with Gasteiger partial charge in [-0.15, -0.1) is 0 Å². The maximum absolute atomic E-state index is 6.87. The second-order valence-corrected chi connectivity index (χ2v) is 14.1. The van der Waals surface area contributed by atoms with Gasteiger partial charge in [-0.1, -0.05) is 137 Å². The van der Waals surface area contributed by atoms with Crippen molar-refractivity contribution in [3.8, 4) is 39.8 Å². The third-order valence-corrected chi connectivity index (χ3v) is 10.9. The Kier molecular flexibility index (Phi) is 6.62. The van der Waals surface area contributed by atoms with E-state index in [1.807, 2.05) is 0 Å². The van der Waals surface area contributed by atoms with Crippen LogP contribution in [0, 0.1) is 5.92 Å². The summed E-state index contributed by atoms with van der Waals surface area (Å²) < 4.78 is 9.40. The zero-order valence-electron chi connectivity index (χ0n) is 28.2. The summed E-state index contributed by atoms with van der Waals surface area (Å²) in [6.45, 7) is 9.33. The van der Waals surface area contributed by atoms with Crippen LogP contribution in [-0.2, 0) is 31.1 Å². The minimum atomic E-state index is -0.146. The molecular formula is C45H40N2O. The molecule has 3 heterocycles. The molecule has 1 unspecified atom stereocenters. The molecular weight excluding hydrogens is 585 g/mol. The maximum Gasteiger partial charge on any atom is 0.155 e. The quantitative estimate of drug-likeness (QED) is 0.196.